The lowest BCUT2D eigenvalue weighted by Gasteiger charge is -2.19. The van der Waals surface area contributed by atoms with Crippen molar-refractivity contribution in [3.8, 4) is 0 Å². The van der Waals surface area contributed by atoms with E-state index in [9.17, 15) is 0 Å². The second kappa shape index (κ2) is 6.39. The highest BCUT2D eigenvalue weighted by molar-refractivity contribution is 5.90. The minimum Gasteiger partial charge on any atom is -0.356 e. The molecule has 1 aliphatic rings. The van der Waals surface area contributed by atoms with Crippen molar-refractivity contribution < 1.29 is 0 Å². The van der Waals surface area contributed by atoms with Gasteiger partial charge in [0.15, 0.2) is 0 Å². The van der Waals surface area contributed by atoms with Crippen molar-refractivity contribution in [1.82, 2.24) is 19.9 Å². The van der Waals surface area contributed by atoms with Gasteiger partial charge in [0.25, 0.3) is 0 Å². The zero-order valence-corrected chi connectivity index (χ0v) is 13.7. The summed E-state index contributed by atoms with van der Waals surface area (Å²) >= 11 is 0. The average molecular weight is 320 g/mol. The summed E-state index contributed by atoms with van der Waals surface area (Å²) in [5.74, 6) is 1.66. The summed E-state index contributed by atoms with van der Waals surface area (Å²) in [6.07, 6.45) is 6.00. The summed E-state index contributed by atoms with van der Waals surface area (Å²) in [6.45, 7) is 4.61. The van der Waals surface area contributed by atoms with Crippen molar-refractivity contribution in [2.45, 2.75) is 26.3 Å². The summed E-state index contributed by atoms with van der Waals surface area (Å²) in [4.78, 5) is 20.4. The standard InChI is InChI=1S/C18H20N6/c1-13-10-20-14(11-19-13)12-21-18-22-16-7-3-2-6-15(16)17(23-18)24-8-4-5-9-24/h2-3,6-7,10-11H,4-5,8-9,12H2,1H3,(H,21,22,23). The average Bonchev–Trinajstić information content (AvgIpc) is 3.15. The second-order valence-corrected chi connectivity index (χ2v) is 6.08. The van der Waals surface area contributed by atoms with Gasteiger partial charge < -0.3 is 10.2 Å². The maximum Gasteiger partial charge on any atom is 0.225 e. The third-order valence-electron chi connectivity index (χ3n) is 4.25. The fraction of sp³-hybridized carbons (Fsp3) is 0.333. The van der Waals surface area contributed by atoms with E-state index in [2.05, 4.69) is 31.2 Å². The van der Waals surface area contributed by atoms with Crippen molar-refractivity contribution >= 4 is 22.7 Å². The molecule has 4 rings (SSSR count). The minimum atomic E-state index is 0.561. The van der Waals surface area contributed by atoms with Gasteiger partial charge in [-0.05, 0) is 31.9 Å². The maximum absolute atomic E-state index is 4.77. The molecule has 1 N–H and O–H groups in total. The predicted octanol–water partition coefficient (Wildman–Crippen LogP) is 2.94. The molecule has 1 saturated heterocycles. The van der Waals surface area contributed by atoms with E-state index in [1.165, 1.54) is 12.8 Å². The molecule has 6 nitrogen and oxygen atoms in total. The molecule has 3 aromatic rings. The van der Waals surface area contributed by atoms with E-state index in [0.29, 0.717) is 12.5 Å². The highest BCUT2D eigenvalue weighted by Gasteiger charge is 2.17. The molecule has 6 heteroatoms. The molecule has 0 amide bonds. The first kappa shape index (κ1) is 14.8. The SMILES string of the molecule is Cc1cnc(CNc2nc(N3CCCC3)c3ccccc3n2)cn1. The van der Waals surface area contributed by atoms with E-state index in [0.717, 1.165) is 41.2 Å². The number of para-hydroxylation sites is 1. The van der Waals surface area contributed by atoms with E-state index in [1.54, 1.807) is 12.4 Å². The van der Waals surface area contributed by atoms with Gasteiger partial charge in [-0.25, -0.2) is 4.98 Å². The second-order valence-electron chi connectivity index (χ2n) is 6.08. The number of hydrogen-bond donors (Lipinski definition) is 1. The molecule has 0 unspecified atom stereocenters. The first-order valence-electron chi connectivity index (χ1n) is 8.33. The Morgan fingerprint density at radius 1 is 1.04 bits per heavy atom. The smallest absolute Gasteiger partial charge is 0.225 e. The number of fused-ring (bicyclic) bond motifs is 1. The number of nitrogens with one attached hydrogen (secondary N) is 1. The highest BCUT2D eigenvalue weighted by Crippen LogP contribution is 2.27. The van der Waals surface area contributed by atoms with Crippen molar-refractivity contribution in [3.05, 3.63) is 48.0 Å². The lowest BCUT2D eigenvalue weighted by molar-refractivity contribution is 0.927. The fourth-order valence-corrected chi connectivity index (χ4v) is 2.99. The molecular weight excluding hydrogens is 300 g/mol. The van der Waals surface area contributed by atoms with Gasteiger partial charge >= 0.3 is 0 Å². The van der Waals surface area contributed by atoms with Crippen LogP contribution in [0.3, 0.4) is 0 Å². The van der Waals surface area contributed by atoms with E-state index in [-0.39, 0.29) is 0 Å². The summed E-state index contributed by atoms with van der Waals surface area (Å²) in [6, 6.07) is 8.18. The topological polar surface area (TPSA) is 66.8 Å². The van der Waals surface area contributed by atoms with E-state index >= 15 is 0 Å². The molecule has 0 radical (unpaired) electrons. The molecule has 1 fully saturated rings. The third kappa shape index (κ3) is 2.99. The Labute approximate surface area is 141 Å². The van der Waals surface area contributed by atoms with Crippen molar-refractivity contribution in [1.29, 1.82) is 0 Å². The summed E-state index contributed by atoms with van der Waals surface area (Å²) in [5, 5.41) is 4.40. The Bertz CT molecular complexity index is 840. The molecule has 0 aliphatic carbocycles. The van der Waals surface area contributed by atoms with Crippen molar-refractivity contribution in [3.63, 3.8) is 0 Å². The van der Waals surface area contributed by atoms with Crippen LogP contribution in [0.1, 0.15) is 24.2 Å². The quantitative estimate of drug-likeness (QED) is 0.797. The molecule has 0 spiro atoms. The molecule has 122 valence electrons. The van der Waals surface area contributed by atoms with Gasteiger partial charge in [-0.3, -0.25) is 9.97 Å². The zero-order chi connectivity index (χ0) is 16.4. The van der Waals surface area contributed by atoms with Gasteiger partial charge in [0.1, 0.15) is 5.82 Å². The largest absolute Gasteiger partial charge is 0.356 e. The summed E-state index contributed by atoms with van der Waals surface area (Å²) in [7, 11) is 0. The number of hydrogen-bond acceptors (Lipinski definition) is 6. The van der Waals surface area contributed by atoms with Crippen LogP contribution in [-0.2, 0) is 6.54 Å². The first-order valence-corrected chi connectivity index (χ1v) is 8.33. The van der Waals surface area contributed by atoms with Gasteiger partial charge in [0.2, 0.25) is 5.95 Å². The van der Waals surface area contributed by atoms with Gasteiger partial charge in [-0.2, -0.15) is 4.98 Å². The van der Waals surface area contributed by atoms with Crippen LogP contribution in [0.25, 0.3) is 10.9 Å². The monoisotopic (exact) mass is 320 g/mol. The van der Waals surface area contributed by atoms with Crippen LogP contribution in [-0.4, -0.2) is 33.0 Å². The van der Waals surface area contributed by atoms with Gasteiger partial charge in [0, 0.05) is 24.7 Å². The lowest BCUT2D eigenvalue weighted by atomic mass is 10.2. The van der Waals surface area contributed by atoms with Crippen LogP contribution in [0, 0.1) is 6.92 Å². The molecule has 1 aliphatic heterocycles. The predicted molar refractivity (Wildman–Crippen MR) is 95.1 cm³/mol. The molecule has 3 heterocycles. The molecule has 0 bridgehead atoms. The Morgan fingerprint density at radius 2 is 1.88 bits per heavy atom. The van der Waals surface area contributed by atoms with Crippen LogP contribution < -0.4 is 10.2 Å². The summed E-state index contributed by atoms with van der Waals surface area (Å²) < 4.78 is 0. The number of aromatic nitrogens is 4. The highest BCUT2D eigenvalue weighted by atomic mass is 15.2. The van der Waals surface area contributed by atoms with E-state index in [1.807, 2.05) is 25.1 Å². The van der Waals surface area contributed by atoms with E-state index < -0.39 is 0 Å². The van der Waals surface area contributed by atoms with Gasteiger partial charge in [-0.1, -0.05) is 12.1 Å². The fourth-order valence-electron chi connectivity index (χ4n) is 2.99. The van der Waals surface area contributed by atoms with Gasteiger partial charge in [-0.15, -0.1) is 0 Å². The number of rotatable bonds is 4. The number of benzene rings is 1. The Kier molecular flexibility index (Phi) is 3.94. The van der Waals surface area contributed by atoms with Crippen LogP contribution >= 0.6 is 0 Å². The zero-order valence-electron chi connectivity index (χ0n) is 13.7. The maximum atomic E-state index is 4.77. The molecule has 2 aromatic heterocycles. The van der Waals surface area contributed by atoms with Crippen molar-refractivity contribution in [2.75, 3.05) is 23.3 Å². The van der Waals surface area contributed by atoms with Crippen LogP contribution in [0.4, 0.5) is 11.8 Å². The van der Waals surface area contributed by atoms with Gasteiger partial charge in [0.05, 0.1) is 29.6 Å². The third-order valence-corrected chi connectivity index (χ3v) is 4.25. The first-order chi connectivity index (χ1) is 11.8. The van der Waals surface area contributed by atoms with E-state index in [4.69, 9.17) is 4.98 Å². The molecule has 0 atom stereocenters. The lowest BCUT2D eigenvalue weighted by Crippen LogP contribution is -2.20. The Balaban J connectivity index is 1.64. The Morgan fingerprint density at radius 3 is 2.67 bits per heavy atom. The molecule has 0 saturated carbocycles. The van der Waals surface area contributed by atoms with Crippen LogP contribution in [0.2, 0.25) is 0 Å². The number of anilines is 2. The minimum absolute atomic E-state index is 0.561. The van der Waals surface area contributed by atoms with Crippen molar-refractivity contribution in [2.24, 2.45) is 0 Å². The number of nitrogens with zero attached hydrogens (tertiary/aromatic N) is 5. The number of aryl methyl sites for hydroxylation is 1. The van der Waals surface area contributed by atoms with Crippen LogP contribution in [0.5, 0.6) is 0 Å². The molecule has 1 aromatic carbocycles. The summed E-state index contributed by atoms with van der Waals surface area (Å²) in [5.41, 5.74) is 2.75. The van der Waals surface area contributed by atoms with Crippen LogP contribution in [0.15, 0.2) is 36.7 Å². The molecular formula is C18H20N6. The Hall–Kier alpha value is -2.76. The molecule has 24 heavy (non-hydrogen) atoms. The normalized spacial score (nSPS) is 14.3.